The van der Waals surface area contributed by atoms with E-state index in [0.29, 0.717) is 27.8 Å². The Morgan fingerprint density at radius 2 is 2.10 bits per heavy atom. The lowest BCUT2D eigenvalue weighted by Crippen LogP contribution is -2.03. The highest BCUT2D eigenvalue weighted by molar-refractivity contribution is 7.99. The second-order valence-corrected chi connectivity index (χ2v) is 5.27. The lowest BCUT2D eigenvalue weighted by Gasteiger charge is -2.09. The van der Waals surface area contributed by atoms with Crippen LogP contribution >= 0.6 is 11.8 Å². The van der Waals surface area contributed by atoms with Gasteiger partial charge in [0.2, 0.25) is 0 Å². The molecule has 0 N–H and O–H groups in total. The summed E-state index contributed by atoms with van der Waals surface area (Å²) in [5.41, 5.74) is 1.51. The molecule has 1 aromatic heterocycles. The fourth-order valence-electron chi connectivity index (χ4n) is 1.80. The van der Waals surface area contributed by atoms with Crippen LogP contribution in [0.25, 0.3) is 0 Å². The largest absolute Gasteiger partial charge is 0.483 e. The van der Waals surface area contributed by atoms with E-state index in [1.807, 2.05) is 30.3 Å². The summed E-state index contributed by atoms with van der Waals surface area (Å²) < 4.78 is 5.57. The van der Waals surface area contributed by atoms with E-state index in [-0.39, 0.29) is 5.78 Å². The van der Waals surface area contributed by atoms with Crippen LogP contribution in [0, 0.1) is 18.3 Å². The first-order valence-electron chi connectivity index (χ1n) is 6.35. The molecule has 4 nitrogen and oxygen atoms in total. The van der Waals surface area contributed by atoms with Crippen LogP contribution in [0.3, 0.4) is 0 Å². The minimum Gasteiger partial charge on any atom is -0.483 e. The fourth-order valence-corrected chi connectivity index (χ4v) is 2.57. The van der Waals surface area contributed by atoms with Crippen molar-refractivity contribution in [3.8, 4) is 11.8 Å². The predicted octanol–water partition coefficient (Wildman–Crippen LogP) is 3.59. The topological polar surface area (TPSA) is 63.0 Å². The standard InChI is InChI=1S/C16H14N2O2S/c1-11-15(12(2)19)8-13(9-17)16(18-11)21-10-20-14-6-4-3-5-7-14/h3-8H,10H2,1-2H3. The molecule has 0 atom stereocenters. The molecule has 2 rings (SSSR count). The molecule has 0 fully saturated rings. The number of aryl methyl sites for hydroxylation is 1. The molecule has 0 amide bonds. The number of ketones is 1. The number of Topliss-reactive ketones (excluding diaryl/α,β-unsaturated/α-hetero) is 1. The maximum Gasteiger partial charge on any atom is 0.161 e. The highest BCUT2D eigenvalue weighted by atomic mass is 32.2. The van der Waals surface area contributed by atoms with Crippen molar-refractivity contribution in [2.24, 2.45) is 0 Å². The third-order valence-corrected chi connectivity index (χ3v) is 3.66. The number of hydrogen-bond donors (Lipinski definition) is 0. The van der Waals surface area contributed by atoms with Crippen molar-refractivity contribution >= 4 is 17.5 Å². The average molecular weight is 298 g/mol. The summed E-state index contributed by atoms with van der Waals surface area (Å²) >= 11 is 1.33. The summed E-state index contributed by atoms with van der Waals surface area (Å²) in [5, 5.41) is 9.76. The number of carbonyl (C=O) groups excluding carboxylic acids is 1. The van der Waals surface area contributed by atoms with Crippen LogP contribution in [0.15, 0.2) is 41.4 Å². The number of rotatable bonds is 5. The molecule has 0 aliphatic heterocycles. The van der Waals surface area contributed by atoms with Gasteiger partial charge in [-0.1, -0.05) is 30.0 Å². The first kappa shape index (κ1) is 15.1. The SMILES string of the molecule is CC(=O)c1cc(C#N)c(SCOc2ccccc2)nc1C. The summed E-state index contributed by atoms with van der Waals surface area (Å²) in [6, 6.07) is 13.1. The van der Waals surface area contributed by atoms with Crippen LogP contribution in [0.2, 0.25) is 0 Å². The minimum atomic E-state index is -0.0893. The van der Waals surface area contributed by atoms with Crippen LogP contribution in [0.5, 0.6) is 5.75 Å². The first-order valence-corrected chi connectivity index (χ1v) is 7.33. The molecule has 0 spiro atoms. The number of hydrogen-bond acceptors (Lipinski definition) is 5. The molecule has 0 saturated heterocycles. The molecular weight excluding hydrogens is 284 g/mol. The van der Waals surface area contributed by atoms with E-state index in [1.54, 1.807) is 13.0 Å². The smallest absolute Gasteiger partial charge is 0.161 e. The van der Waals surface area contributed by atoms with Gasteiger partial charge in [0, 0.05) is 11.3 Å². The summed E-state index contributed by atoms with van der Waals surface area (Å²) in [5.74, 6) is 1.03. The van der Waals surface area contributed by atoms with Crippen molar-refractivity contribution in [1.29, 1.82) is 5.26 Å². The van der Waals surface area contributed by atoms with E-state index in [1.165, 1.54) is 18.7 Å². The maximum atomic E-state index is 11.5. The van der Waals surface area contributed by atoms with Crippen molar-refractivity contribution in [3.05, 3.63) is 53.2 Å². The number of para-hydroxylation sites is 1. The van der Waals surface area contributed by atoms with E-state index in [4.69, 9.17) is 4.74 Å². The summed E-state index contributed by atoms with van der Waals surface area (Å²) in [6.07, 6.45) is 0. The van der Waals surface area contributed by atoms with Gasteiger partial charge in [-0.25, -0.2) is 4.98 Å². The predicted molar refractivity (Wildman–Crippen MR) is 81.5 cm³/mol. The lowest BCUT2D eigenvalue weighted by atomic mass is 10.1. The Labute approximate surface area is 127 Å². The van der Waals surface area contributed by atoms with Gasteiger partial charge < -0.3 is 4.74 Å². The van der Waals surface area contributed by atoms with Gasteiger partial charge in [-0.2, -0.15) is 5.26 Å². The molecule has 0 aliphatic carbocycles. The van der Waals surface area contributed by atoms with Gasteiger partial charge >= 0.3 is 0 Å². The highest BCUT2D eigenvalue weighted by Crippen LogP contribution is 2.24. The number of nitriles is 1. The van der Waals surface area contributed by atoms with Gasteiger partial charge in [-0.05, 0) is 32.0 Å². The van der Waals surface area contributed by atoms with Gasteiger partial charge in [-0.15, -0.1) is 0 Å². The number of carbonyl (C=O) groups is 1. The van der Waals surface area contributed by atoms with Crippen molar-refractivity contribution in [3.63, 3.8) is 0 Å². The molecule has 1 heterocycles. The van der Waals surface area contributed by atoms with Crippen molar-refractivity contribution < 1.29 is 9.53 Å². The maximum absolute atomic E-state index is 11.5. The van der Waals surface area contributed by atoms with Crippen LogP contribution in [-0.4, -0.2) is 16.7 Å². The molecule has 0 radical (unpaired) electrons. The number of nitrogens with zero attached hydrogens (tertiary/aromatic N) is 2. The van der Waals surface area contributed by atoms with Gasteiger partial charge in [0.05, 0.1) is 5.56 Å². The zero-order chi connectivity index (χ0) is 15.2. The van der Waals surface area contributed by atoms with Crippen LogP contribution in [-0.2, 0) is 0 Å². The van der Waals surface area contributed by atoms with Gasteiger partial charge in [0.15, 0.2) is 5.78 Å². The second-order valence-electron chi connectivity index (χ2n) is 4.36. The zero-order valence-corrected chi connectivity index (χ0v) is 12.6. The van der Waals surface area contributed by atoms with Gasteiger partial charge in [0.1, 0.15) is 22.8 Å². The molecule has 5 heteroatoms. The van der Waals surface area contributed by atoms with Crippen molar-refractivity contribution in [2.45, 2.75) is 18.9 Å². The quantitative estimate of drug-likeness (QED) is 0.479. The van der Waals surface area contributed by atoms with Crippen LogP contribution in [0.1, 0.15) is 28.5 Å². The summed E-state index contributed by atoms with van der Waals surface area (Å²) in [7, 11) is 0. The third-order valence-electron chi connectivity index (χ3n) is 2.84. The number of pyridine rings is 1. The Balaban J connectivity index is 2.11. The first-order chi connectivity index (χ1) is 10.1. The third kappa shape index (κ3) is 3.83. The van der Waals surface area contributed by atoms with E-state index < -0.39 is 0 Å². The molecular formula is C16H14N2O2S. The van der Waals surface area contributed by atoms with Gasteiger partial charge in [-0.3, -0.25) is 4.79 Å². The van der Waals surface area contributed by atoms with Crippen LogP contribution < -0.4 is 4.74 Å². The summed E-state index contributed by atoms with van der Waals surface area (Å²) in [4.78, 5) is 15.8. The van der Waals surface area contributed by atoms with E-state index >= 15 is 0 Å². The Kier molecular flexibility index (Phi) is 4.96. The number of aromatic nitrogens is 1. The number of benzene rings is 1. The second kappa shape index (κ2) is 6.91. The number of thioether (sulfide) groups is 1. The molecule has 0 aliphatic rings. The Morgan fingerprint density at radius 1 is 1.38 bits per heavy atom. The fraction of sp³-hybridized carbons (Fsp3) is 0.188. The zero-order valence-electron chi connectivity index (χ0n) is 11.8. The molecule has 0 unspecified atom stereocenters. The lowest BCUT2D eigenvalue weighted by molar-refractivity contribution is 0.101. The molecule has 0 bridgehead atoms. The average Bonchev–Trinajstić information content (AvgIpc) is 2.48. The molecule has 106 valence electrons. The van der Waals surface area contributed by atoms with E-state index in [2.05, 4.69) is 11.1 Å². The van der Waals surface area contributed by atoms with Crippen LogP contribution in [0.4, 0.5) is 0 Å². The van der Waals surface area contributed by atoms with E-state index in [0.717, 1.165) is 5.75 Å². The molecule has 21 heavy (non-hydrogen) atoms. The minimum absolute atomic E-state index is 0.0893. The van der Waals surface area contributed by atoms with Gasteiger partial charge in [0.25, 0.3) is 0 Å². The summed E-state index contributed by atoms with van der Waals surface area (Å²) in [6.45, 7) is 3.23. The Hall–Kier alpha value is -2.32. The molecule has 2 aromatic rings. The van der Waals surface area contributed by atoms with Crippen molar-refractivity contribution in [2.75, 3.05) is 5.94 Å². The monoisotopic (exact) mass is 298 g/mol. The van der Waals surface area contributed by atoms with Crippen molar-refractivity contribution in [1.82, 2.24) is 4.98 Å². The highest BCUT2D eigenvalue weighted by Gasteiger charge is 2.12. The molecule has 0 saturated carbocycles. The number of ether oxygens (including phenoxy) is 1. The normalized spacial score (nSPS) is 9.95. The molecule has 1 aromatic carbocycles. The Morgan fingerprint density at radius 3 is 2.71 bits per heavy atom. The van der Waals surface area contributed by atoms with E-state index in [9.17, 15) is 10.1 Å². The Bertz CT molecular complexity index is 693.